The monoisotopic (exact) mass is 465 g/mol. The number of anilines is 1. The first-order valence-corrected chi connectivity index (χ1v) is 11.5. The lowest BCUT2D eigenvalue weighted by molar-refractivity contribution is 0.140. The largest absolute Gasteiger partial charge is 0.486 e. The zero-order valence-electron chi connectivity index (χ0n) is 18.5. The molecular weight excluding hydrogens is 441 g/mol. The Labute approximate surface area is 194 Å². The topological polar surface area (TPSA) is 82.0 Å². The molecule has 0 saturated carbocycles. The van der Waals surface area contributed by atoms with Crippen LogP contribution < -0.4 is 25.2 Å². The molecule has 1 N–H and O–H groups in total. The molecule has 2 aromatic carbocycles. The van der Waals surface area contributed by atoms with Gasteiger partial charge in [-0.15, -0.1) is 0 Å². The lowest BCUT2D eigenvalue weighted by Gasteiger charge is -2.21. The number of carbonyl (C=O) groups excluding carboxylic acids is 1. The Morgan fingerprint density at radius 3 is 2.71 bits per heavy atom. The number of hydrogen-bond acceptors (Lipinski definition) is 6. The molecule has 0 bridgehead atoms. The minimum atomic E-state index is -0.400. The van der Waals surface area contributed by atoms with Gasteiger partial charge in [0.2, 0.25) is 0 Å². The number of fused-ring (bicyclic) bond motifs is 1. The molecule has 0 spiro atoms. The van der Waals surface area contributed by atoms with Crippen LogP contribution in [0, 0.1) is 5.82 Å². The Morgan fingerprint density at radius 1 is 1.00 bits per heavy atom. The Bertz CT molecular complexity index is 1340. The summed E-state index contributed by atoms with van der Waals surface area (Å²) in [5.74, 6) is 0.946. The fourth-order valence-electron chi connectivity index (χ4n) is 5.09. The molecule has 1 aromatic heterocycles. The summed E-state index contributed by atoms with van der Waals surface area (Å²) in [6.07, 6.45) is -0.0314. The highest BCUT2D eigenvalue weighted by atomic mass is 19.1. The normalized spacial score (nSPS) is 20.7. The summed E-state index contributed by atoms with van der Waals surface area (Å²) in [6.45, 7) is 2.98. The van der Waals surface area contributed by atoms with E-state index in [9.17, 15) is 14.0 Å². The number of ether oxygens (including phenoxy) is 3. The van der Waals surface area contributed by atoms with E-state index in [1.807, 2.05) is 6.07 Å². The van der Waals surface area contributed by atoms with Crippen LogP contribution in [-0.4, -0.2) is 49.6 Å². The molecule has 3 aliphatic rings. The molecule has 1 unspecified atom stereocenters. The van der Waals surface area contributed by atoms with E-state index < -0.39 is 6.09 Å². The molecule has 1 saturated heterocycles. The average Bonchev–Trinajstić information content (AvgIpc) is 3.42. The molecule has 4 heterocycles. The van der Waals surface area contributed by atoms with Gasteiger partial charge in [-0.05, 0) is 48.7 Å². The van der Waals surface area contributed by atoms with Gasteiger partial charge in [0.15, 0.2) is 11.5 Å². The molecule has 0 aliphatic carbocycles. The molecule has 176 valence electrons. The summed E-state index contributed by atoms with van der Waals surface area (Å²) in [6, 6.07) is 11.9. The van der Waals surface area contributed by atoms with Crippen molar-refractivity contribution < 1.29 is 23.4 Å². The van der Waals surface area contributed by atoms with Crippen molar-refractivity contribution in [1.82, 2.24) is 9.88 Å². The first-order valence-electron chi connectivity index (χ1n) is 11.5. The molecule has 9 heteroatoms. The van der Waals surface area contributed by atoms with Crippen molar-refractivity contribution in [2.75, 3.05) is 37.7 Å². The van der Waals surface area contributed by atoms with E-state index >= 15 is 0 Å². The third kappa shape index (κ3) is 3.56. The Morgan fingerprint density at radius 2 is 1.82 bits per heavy atom. The number of hydrogen-bond donors (Lipinski definition) is 1. The highest BCUT2D eigenvalue weighted by Crippen LogP contribution is 2.37. The molecule has 0 radical (unpaired) electrons. The van der Waals surface area contributed by atoms with Crippen LogP contribution in [-0.2, 0) is 11.3 Å². The molecule has 8 nitrogen and oxygen atoms in total. The van der Waals surface area contributed by atoms with Crippen molar-refractivity contribution in [2.45, 2.75) is 25.0 Å². The van der Waals surface area contributed by atoms with Crippen LogP contribution >= 0.6 is 0 Å². The van der Waals surface area contributed by atoms with Gasteiger partial charge in [-0.2, -0.15) is 0 Å². The van der Waals surface area contributed by atoms with Crippen molar-refractivity contribution in [2.24, 2.45) is 0 Å². The molecule has 6 rings (SSSR count). The first-order chi connectivity index (χ1) is 16.6. The van der Waals surface area contributed by atoms with E-state index in [1.54, 1.807) is 33.7 Å². The average molecular weight is 465 g/mol. The number of cyclic esters (lactones) is 1. The minimum absolute atomic E-state index is 0.0772. The number of pyridine rings is 1. The maximum Gasteiger partial charge on any atom is 0.414 e. The predicted molar refractivity (Wildman–Crippen MR) is 123 cm³/mol. The van der Waals surface area contributed by atoms with E-state index in [0.29, 0.717) is 74.1 Å². The second-order valence-electron chi connectivity index (χ2n) is 8.82. The van der Waals surface area contributed by atoms with Gasteiger partial charge < -0.3 is 24.1 Å². The van der Waals surface area contributed by atoms with Crippen molar-refractivity contribution in [3.8, 4) is 11.5 Å². The second kappa shape index (κ2) is 8.32. The molecule has 34 heavy (non-hydrogen) atoms. The van der Waals surface area contributed by atoms with Gasteiger partial charge in [-0.1, -0.05) is 0 Å². The van der Waals surface area contributed by atoms with Gasteiger partial charge in [0.1, 0.15) is 25.1 Å². The summed E-state index contributed by atoms with van der Waals surface area (Å²) in [5, 5.41) is 4.21. The lowest BCUT2D eigenvalue weighted by atomic mass is 9.96. The number of carbonyl (C=O) groups is 1. The van der Waals surface area contributed by atoms with Crippen LogP contribution in [0.25, 0.3) is 10.9 Å². The standard InChI is InChI=1S/C25H24FN3O5/c26-19-4-1-15-2-6-22(30)29-13-16(23(19)24(15)29)7-8-27-12-18-14-28(25(31)34-18)17-3-5-20-21(11-17)33-10-9-32-20/h1-6,11,16,18,27H,7-10,12-14H2/t16?,18-/m1/s1. The summed E-state index contributed by atoms with van der Waals surface area (Å²) < 4.78 is 33.0. The predicted octanol–water partition coefficient (Wildman–Crippen LogP) is 3.01. The van der Waals surface area contributed by atoms with Gasteiger partial charge in [-0.25, -0.2) is 9.18 Å². The zero-order chi connectivity index (χ0) is 23.2. The van der Waals surface area contributed by atoms with Gasteiger partial charge >= 0.3 is 6.09 Å². The molecule has 3 aliphatic heterocycles. The molecule has 3 aromatic rings. The maximum atomic E-state index is 14.6. The summed E-state index contributed by atoms with van der Waals surface area (Å²) in [5.41, 5.74) is 1.92. The summed E-state index contributed by atoms with van der Waals surface area (Å²) >= 11 is 0. The highest BCUT2D eigenvalue weighted by Gasteiger charge is 2.33. The molecule has 1 amide bonds. The van der Waals surface area contributed by atoms with E-state index in [-0.39, 0.29) is 23.4 Å². The van der Waals surface area contributed by atoms with Crippen LogP contribution in [0.4, 0.5) is 14.9 Å². The summed E-state index contributed by atoms with van der Waals surface area (Å²) in [4.78, 5) is 26.3. The van der Waals surface area contributed by atoms with E-state index in [1.165, 1.54) is 12.1 Å². The number of amides is 1. The van der Waals surface area contributed by atoms with Crippen molar-refractivity contribution >= 4 is 22.7 Å². The van der Waals surface area contributed by atoms with Crippen LogP contribution in [0.5, 0.6) is 11.5 Å². The molecule has 1 fully saturated rings. The van der Waals surface area contributed by atoms with Crippen molar-refractivity contribution in [3.63, 3.8) is 0 Å². The lowest BCUT2D eigenvalue weighted by Crippen LogP contribution is -2.32. The number of nitrogens with one attached hydrogen (secondary N) is 1. The minimum Gasteiger partial charge on any atom is -0.486 e. The third-order valence-electron chi connectivity index (χ3n) is 6.70. The van der Waals surface area contributed by atoms with Crippen LogP contribution in [0.15, 0.2) is 47.3 Å². The number of nitrogens with zero attached hydrogens (tertiary/aromatic N) is 2. The van der Waals surface area contributed by atoms with Crippen LogP contribution in [0.1, 0.15) is 17.9 Å². The highest BCUT2D eigenvalue weighted by molar-refractivity contribution is 5.90. The number of benzene rings is 2. The third-order valence-corrected chi connectivity index (χ3v) is 6.70. The quantitative estimate of drug-likeness (QED) is 0.564. The smallest absolute Gasteiger partial charge is 0.414 e. The molecular formula is C25H24FN3O5. The molecule has 2 atom stereocenters. The van der Waals surface area contributed by atoms with E-state index in [2.05, 4.69) is 5.32 Å². The Kier molecular flexibility index (Phi) is 5.13. The zero-order valence-corrected chi connectivity index (χ0v) is 18.5. The number of aromatic nitrogens is 1. The fourth-order valence-corrected chi connectivity index (χ4v) is 5.09. The van der Waals surface area contributed by atoms with Crippen molar-refractivity contribution in [1.29, 1.82) is 0 Å². The van der Waals surface area contributed by atoms with Gasteiger partial charge in [0.25, 0.3) is 5.56 Å². The number of halogens is 1. The second-order valence-corrected chi connectivity index (χ2v) is 8.82. The Hall–Kier alpha value is -3.59. The number of rotatable bonds is 6. The fraction of sp³-hybridized carbons (Fsp3) is 0.360. The van der Waals surface area contributed by atoms with Gasteiger partial charge in [0, 0.05) is 36.7 Å². The first kappa shape index (κ1) is 21.0. The van der Waals surface area contributed by atoms with E-state index in [0.717, 1.165) is 5.39 Å². The van der Waals surface area contributed by atoms with Gasteiger partial charge in [-0.3, -0.25) is 9.69 Å². The summed E-state index contributed by atoms with van der Waals surface area (Å²) in [7, 11) is 0. The van der Waals surface area contributed by atoms with E-state index in [4.69, 9.17) is 14.2 Å². The Balaban J connectivity index is 1.06. The van der Waals surface area contributed by atoms with Gasteiger partial charge in [0.05, 0.1) is 17.7 Å². The van der Waals surface area contributed by atoms with Crippen LogP contribution in [0.2, 0.25) is 0 Å². The van der Waals surface area contributed by atoms with Crippen molar-refractivity contribution in [3.05, 3.63) is 64.2 Å². The van der Waals surface area contributed by atoms with Crippen LogP contribution in [0.3, 0.4) is 0 Å². The maximum absolute atomic E-state index is 14.6. The SMILES string of the molecule is O=C1O[C@H](CNCCC2Cn3c(=O)ccc4ccc(F)c2c43)CN1c1ccc2c(c1)OCCO2.